The molecule has 2 N–H and O–H groups in total. The number of anilines is 1. The van der Waals surface area contributed by atoms with Gasteiger partial charge in [-0.1, -0.05) is 36.7 Å². The number of fused-ring (bicyclic) bond motifs is 1. The van der Waals surface area contributed by atoms with Crippen molar-refractivity contribution in [3.8, 4) is 11.3 Å². The molecule has 33 heavy (non-hydrogen) atoms. The molecular weight excluding hydrogens is 437 g/mol. The fourth-order valence-electron chi connectivity index (χ4n) is 3.54. The van der Waals surface area contributed by atoms with Gasteiger partial charge in [-0.15, -0.1) is 0 Å². The maximum absolute atomic E-state index is 12.1. The van der Waals surface area contributed by atoms with Crippen molar-refractivity contribution >= 4 is 48.4 Å². The monoisotopic (exact) mass is 461 g/mol. The van der Waals surface area contributed by atoms with E-state index in [0.29, 0.717) is 17.3 Å². The molecule has 3 heterocycles. The molecule has 0 saturated carbocycles. The van der Waals surface area contributed by atoms with Crippen molar-refractivity contribution in [2.45, 2.75) is 25.8 Å². The largest absolute Gasteiger partial charge is 0.465 e. The molecule has 3 aromatic heterocycles. The minimum absolute atomic E-state index is 0.133. The van der Waals surface area contributed by atoms with Gasteiger partial charge in [-0.3, -0.25) is 4.79 Å². The summed E-state index contributed by atoms with van der Waals surface area (Å²) < 4.78 is 7.01. The Labute approximate surface area is 198 Å². The van der Waals surface area contributed by atoms with E-state index in [2.05, 4.69) is 22.7 Å². The van der Waals surface area contributed by atoms with Gasteiger partial charge >= 0.3 is 0 Å². The number of hydrogen-bond donors (Lipinski definition) is 2. The predicted octanol–water partition coefficient (Wildman–Crippen LogP) is 3.31. The van der Waals surface area contributed by atoms with E-state index in [0.717, 1.165) is 41.0 Å². The highest BCUT2D eigenvalue weighted by Gasteiger charge is 2.15. The zero-order valence-corrected chi connectivity index (χ0v) is 19.3. The third-order valence-electron chi connectivity index (χ3n) is 5.38. The summed E-state index contributed by atoms with van der Waals surface area (Å²) in [4.78, 5) is 16.9. The molecule has 1 atom stereocenters. The van der Waals surface area contributed by atoms with Crippen LogP contribution in [0.4, 0.5) is 5.82 Å². The zero-order chi connectivity index (χ0) is 23.2. The molecule has 0 aliphatic carbocycles. The second-order valence-electron chi connectivity index (χ2n) is 7.75. The highest BCUT2D eigenvalue weighted by Crippen LogP contribution is 2.28. The Morgan fingerprint density at radius 1 is 1.30 bits per heavy atom. The van der Waals surface area contributed by atoms with E-state index < -0.39 is 0 Å². The topological polar surface area (TPSA) is 84.5 Å². The molecule has 0 aliphatic rings. The number of nitrogens with one attached hydrogen (secondary N) is 2. The molecule has 1 amide bonds. The molecule has 4 aromatic rings. The minimum atomic E-state index is -0.156. The smallest absolute Gasteiger partial charge is 0.244 e. The third-order valence-corrected chi connectivity index (χ3v) is 5.71. The van der Waals surface area contributed by atoms with E-state index >= 15 is 0 Å². The van der Waals surface area contributed by atoms with Crippen LogP contribution in [0.15, 0.2) is 65.4 Å². The van der Waals surface area contributed by atoms with E-state index in [1.54, 1.807) is 30.7 Å². The summed E-state index contributed by atoms with van der Waals surface area (Å²) in [5, 5.41) is 11.6. The van der Waals surface area contributed by atoms with Gasteiger partial charge < -0.3 is 15.1 Å². The molecule has 0 fully saturated rings. The molecule has 168 valence electrons. The summed E-state index contributed by atoms with van der Waals surface area (Å²) >= 11 is 6.43. The second kappa shape index (κ2) is 10.4. The maximum Gasteiger partial charge on any atom is 0.244 e. The minimum Gasteiger partial charge on any atom is -0.465 e. The molecule has 9 heteroatoms. The van der Waals surface area contributed by atoms with Gasteiger partial charge in [0.2, 0.25) is 5.91 Å². The number of nitrogens with zero attached hydrogens (tertiary/aromatic N) is 3. The Bertz CT molecular complexity index is 1270. The first-order chi connectivity index (χ1) is 16.0. The maximum atomic E-state index is 12.1. The Balaban J connectivity index is 1.47. The highest BCUT2D eigenvalue weighted by molar-refractivity contribution is 6.36. The molecule has 0 radical (unpaired) electrons. The van der Waals surface area contributed by atoms with Crippen molar-refractivity contribution in [1.29, 1.82) is 0 Å². The molecule has 0 bridgehead atoms. The van der Waals surface area contributed by atoms with E-state index in [1.807, 2.05) is 42.7 Å². The van der Waals surface area contributed by atoms with Crippen molar-refractivity contribution < 1.29 is 9.21 Å². The molecular formula is C24H25BClN5O2. The Morgan fingerprint density at radius 2 is 2.15 bits per heavy atom. The van der Waals surface area contributed by atoms with Gasteiger partial charge in [-0.05, 0) is 42.6 Å². The average molecular weight is 462 g/mol. The second-order valence-corrected chi connectivity index (χ2v) is 8.15. The van der Waals surface area contributed by atoms with Crippen molar-refractivity contribution in [1.82, 2.24) is 19.9 Å². The van der Waals surface area contributed by atoms with Gasteiger partial charge in [-0.2, -0.15) is 9.61 Å². The molecule has 4 rings (SSSR count). The average Bonchev–Trinajstić information content (AvgIpc) is 3.47. The summed E-state index contributed by atoms with van der Waals surface area (Å²) in [5.74, 6) is 1.32. The quantitative estimate of drug-likeness (QED) is 0.295. The Morgan fingerprint density at radius 3 is 2.91 bits per heavy atom. The van der Waals surface area contributed by atoms with Gasteiger partial charge in [0.15, 0.2) is 5.65 Å². The lowest BCUT2D eigenvalue weighted by Crippen LogP contribution is -2.29. The van der Waals surface area contributed by atoms with Gasteiger partial charge in [-0.25, -0.2) is 4.98 Å². The molecule has 0 aliphatic heterocycles. The molecule has 0 saturated heterocycles. The lowest BCUT2D eigenvalue weighted by Gasteiger charge is -2.20. The van der Waals surface area contributed by atoms with Crippen LogP contribution < -0.4 is 16.1 Å². The number of aromatic nitrogens is 3. The summed E-state index contributed by atoms with van der Waals surface area (Å²) in [7, 11) is 1.98. The van der Waals surface area contributed by atoms with Crippen molar-refractivity contribution in [3.05, 3.63) is 71.8 Å². The van der Waals surface area contributed by atoms with Crippen LogP contribution in [0.2, 0.25) is 5.02 Å². The van der Waals surface area contributed by atoms with Crippen molar-refractivity contribution in [2.24, 2.45) is 0 Å². The van der Waals surface area contributed by atoms with Crippen molar-refractivity contribution in [2.75, 3.05) is 11.9 Å². The first-order valence-electron chi connectivity index (χ1n) is 10.9. The number of carbonyl (C=O) groups excluding carboxylic acids is 1. The number of halogens is 1. The normalized spacial score (nSPS) is 12.3. The fourth-order valence-corrected chi connectivity index (χ4v) is 3.77. The van der Waals surface area contributed by atoms with Crippen LogP contribution in [0.3, 0.4) is 0 Å². The number of carbonyl (C=O) groups is 1. The molecule has 7 nitrogen and oxygen atoms in total. The van der Waals surface area contributed by atoms with Gasteiger partial charge in [0.05, 0.1) is 12.0 Å². The predicted molar refractivity (Wildman–Crippen MR) is 135 cm³/mol. The summed E-state index contributed by atoms with van der Waals surface area (Å²) in [6.45, 7) is 2.65. The third kappa shape index (κ3) is 5.46. The SMILES string of the molecule is Bc1cnn2c(NC(CC)CCNC(=O)/C=C/c3ccco3)cc(-c3ccccc3Cl)nc12. The summed E-state index contributed by atoms with van der Waals surface area (Å²) in [6, 6.07) is 13.3. The first-order valence-corrected chi connectivity index (χ1v) is 11.3. The standard InChI is InChI=1S/C24H25BClN5O2/c1-2-16(11-12-27-23(32)10-9-17-6-5-13-33-17)29-22-14-21(18-7-3-4-8-20(18)26)30-24-19(25)15-28-31(22)24/h3-10,13-16,29H,2,11-12,25H2,1H3,(H,27,32)/b10-9+. The highest BCUT2D eigenvalue weighted by atomic mass is 35.5. The number of furan rings is 1. The first kappa shape index (κ1) is 22.7. The van der Waals surface area contributed by atoms with Crippen LogP contribution in [-0.2, 0) is 4.79 Å². The Hall–Kier alpha value is -3.52. The van der Waals surface area contributed by atoms with Crippen LogP contribution in [0.25, 0.3) is 23.0 Å². The lowest BCUT2D eigenvalue weighted by atomic mass is 10.0. The van der Waals surface area contributed by atoms with E-state index in [-0.39, 0.29) is 11.9 Å². The van der Waals surface area contributed by atoms with E-state index in [1.165, 1.54) is 6.08 Å². The van der Waals surface area contributed by atoms with E-state index in [9.17, 15) is 4.79 Å². The van der Waals surface area contributed by atoms with Crippen LogP contribution in [0, 0.1) is 0 Å². The van der Waals surface area contributed by atoms with E-state index in [4.69, 9.17) is 21.0 Å². The molecule has 1 aromatic carbocycles. The Kier molecular flexibility index (Phi) is 7.15. The van der Waals surface area contributed by atoms with Gasteiger partial charge in [0, 0.05) is 41.5 Å². The van der Waals surface area contributed by atoms with Crippen molar-refractivity contribution in [3.63, 3.8) is 0 Å². The summed E-state index contributed by atoms with van der Waals surface area (Å²) in [5.41, 5.74) is 3.41. The van der Waals surface area contributed by atoms with Crippen LogP contribution in [0.1, 0.15) is 25.5 Å². The van der Waals surface area contributed by atoms with Gasteiger partial charge in [0.25, 0.3) is 0 Å². The molecule has 0 spiro atoms. The number of rotatable bonds is 9. The van der Waals surface area contributed by atoms with Crippen LogP contribution >= 0.6 is 11.6 Å². The number of amides is 1. The number of hydrogen-bond acceptors (Lipinski definition) is 5. The fraction of sp³-hybridized carbons (Fsp3) is 0.208. The number of benzene rings is 1. The zero-order valence-electron chi connectivity index (χ0n) is 18.6. The lowest BCUT2D eigenvalue weighted by molar-refractivity contribution is -0.116. The van der Waals surface area contributed by atoms with Gasteiger partial charge in [0.1, 0.15) is 19.4 Å². The summed E-state index contributed by atoms with van der Waals surface area (Å²) in [6.07, 6.45) is 8.13. The van der Waals surface area contributed by atoms with Crippen LogP contribution in [0.5, 0.6) is 0 Å². The molecule has 1 unspecified atom stereocenters. The van der Waals surface area contributed by atoms with Crippen LogP contribution in [-0.4, -0.2) is 40.9 Å².